The van der Waals surface area contributed by atoms with Crippen LogP contribution in [0.3, 0.4) is 0 Å². The highest BCUT2D eigenvalue weighted by Gasteiger charge is 2.18. The highest BCUT2D eigenvalue weighted by atomic mass is 16.5. The number of fused-ring (bicyclic) bond motifs is 1. The number of anilines is 2. The summed E-state index contributed by atoms with van der Waals surface area (Å²) in [7, 11) is 0. The van der Waals surface area contributed by atoms with E-state index in [0.29, 0.717) is 18.9 Å². The predicted octanol–water partition coefficient (Wildman–Crippen LogP) is 3.74. The Morgan fingerprint density at radius 1 is 1.05 bits per heavy atom. The molecule has 0 bridgehead atoms. The van der Waals surface area contributed by atoms with Crippen molar-refractivity contribution in [1.29, 1.82) is 0 Å². The fraction of sp³-hybridized carbons (Fsp3) is 0.222. The summed E-state index contributed by atoms with van der Waals surface area (Å²) in [5, 5.41) is 10.2. The molecule has 1 fully saturated rings. The number of ether oxygens (including phenoxy) is 1. The van der Waals surface area contributed by atoms with E-state index in [1.807, 2.05) is 55.5 Å². The summed E-state index contributed by atoms with van der Waals surface area (Å²) >= 11 is 0. The van der Waals surface area contributed by atoms with Gasteiger partial charge in [-0.05, 0) is 55.5 Å². The number of benzene rings is 1. The summed E-state index contributed by atoms with van der Waals surface area (Å²) in [5.41, 5.74) is 6.76. The Labute approximate surface area is 213 Å². The number of morpholine rings is 1. The first kappa shape index (κ1) is 22.9. The lowest BCUT2D eigenvalue weighted by Gasteiger charge is -2.27. The Bertz CT molecular complexity index is 1530. The minimum atomic E-state index is -0.130. The number of hydrogen-bond donors (Lipinski definition) is 3. The van der Waals surface area contributed by atoms with Crippen LogP contribution < -0.4 is 10.2 Å². The van der Waals surface area contributed by atoms with Gasteiger partial charge in [0.2, 0.25) is 5.91 Å². The number of H-pyrrole nitrogens is 2. The fourth-order valence-electron chi connectivity index (χ4n) is 4.37. The zero-order valence-corrected chi connectivity index (χ0v) is 20.4. The van der Waals surface area contributed by atoms with Gasteiger partial charge in [-0.1, -0.05) is 0 Å². The van der Waals surface area contributed by atoms with Gasteiger partial charge in [-0.3, -0.25) is 14.9 Å². The molecule has 0 spiro atoms. The van der Waals surface area contributed by atoms with E-state index in [1.165, 1.54) is 0 Å². The minimum Gasteiger partial charge on any atom is -0.378 e. The molecule has 0 aliphatic carbocycles. The minimum absolute atomic E-state index is 0.130. The smallest absolute Gasteiger partial charge is 0.230 e. The predicted molar refractivity (Wildman–Crippen MR) is 141 cm³/mol. The van der Waals surface area contributed by atoms with Gasteiger partial charge in [-0.2, -0.15) is 5.10 Å². The van der Waals surface area contributed by atoms with Crippen molar-refractivity contribution in [3.05, 3.63) is 72.3 Å². The molecule has 10 heteroatoms. The van der Waals surface area contributed by atoms with Crippen molar-refractivity contribution in [2.75, 3.05) is 36.5 Å². The molecule has 37 heavy (non-hydrogen) atoms. The lowest BCUT2D eigenvalue weighted by molar-refractivity contribution is -0.115. The number of aromatic amines is 2. The second-order valence-corrected chi connectivity index (χ2v) is 8.98. The van der Waals surface area contributed by atoms with E-state index in [1.54, 1.807) is 12.4 Å². The molecule has 1 aliphatic rings. The summed E-state index contributed by atoms with van der Waals surface area (Å²) in [6, 6.07) is 15.3. The van der Waals surface area contributed by atoms with E-state index in [9.17, 15) is 4.79 Å². The number of rotatable bonds is 6. The molecule has 4 aromatic heterocycles. The summed E-state index contributed by atoms with van der Waals surface area (Å²) in [6.45, 7) is 4.91. The van der Waals surface area contributed by atoms with Gasteiger partial charge < -0.3 is 19.9 Å². The van der Waals surface area contributed by atoms with Gasteiger partial charge in [0.15, 0.2) is 5.82 Å². The molecule has 0 atom stereocenters. The molecule has 0 saturated carbocycles. The molecule has 5 aromatic rings. The Balaban J connectivity index is 1.13. The Kier molecular flexibility index (Phi) is 6.07. The number of nitrogens with one attached hydrogen (secondary N) is 3. The standard InChI is InChI=1S/C27H26N8O2/c1-17-2-3-19(16-29-17)23-14-21(33-34-23)15-24(36)30-20-6-4-18(5-7-20)26-31-22-8-9-28-27(25(22)32-26)35-10-12-37-13-11-35/h2-9,14,16H,10-13,15H2,1H3,(H,30,36)(H,31,32)(H,33,34). The molecule has 3 N–H and O–H groups in total. The number of pyridine rings is 2. The van der Waals surface area contributed by atoms with Gasteiger partial charge >= 0.3 is 0 Å². The van der Waals surface area contributed by atoms with Crippen molar-refractivity contribution in [2.24, 2.45) is 0 Å². The summed E-state index contributed by atoms with van der Waals surface area (Å²) in [6.07, 6.45) is 3.77. The molecule has 6 rings (SSSR count). The maximum absolute atomic E-state index is 12.6. The average molecular weight is 495 g/mol. The van der Waals surface area contributed by atoms with Gasteiger partial charge in [0.1, 0.15) is 11.3 Å². The molecular formula is C27H26N8O2. The zero-order chi connectivity index (χ0) is 25.2. The van der Waals surface area contributed by atoms with Crippen molar-refractivity contribution < 1.29 is 9.53 Å². The third kappa shape index (κ3) is 4.91. The van der Waals surface area contributed by atoms with Crippen LogP contribution in [0.1, 0.15) is 11.4 Å². The number of hydrogen-bond acceptors (Lipinski definition) is 7. The highest BCUT2D eigenvalue weighted by Crippen LogP contribution is 2.27. The van der Waals surface area contributed by atoms with Crippen LogP contribution in [0, 0.1) is 6.92 Å². The Hall–Kier alpha value is -4.57. The number of amides is 1. The summed E-state index contributed by atoms with van der Waals surface area (Å²) in [4.78, 5) is 31.9. The van der Waals surface area contributed by atoms with Crippen molar-refractivity contribution in [1.82, 2.24) is 30.1 Å². The molecule has 1 aliphatic heterocycles. The summed E-state index contributed by atoms with van der Waals surface area (Å²) < 4.78 is 5.47. The highest BCUT2D eigenvalue weighted by molar-refractivity contribution is 5.93. The van der Waals surface area contributed by atoms with Crippen LogP contribution in [0.15, 0.2) is 60.9 Å². The molecule has 0 unspecified atom stereocenters. The largest absolute Gasteiger partial charge is 0.378 e. The SMILES string of the molecule is Cc1ccc(-c2cc(CC(=O)Nc3ccc(-c4nc5c(N6CCOCC6)nccc5[nH]4)cc3)[nH]n2)cn1. The van der Waals surface area contributed by atoms with Crippen LogP contribution in [-0.4, -0.2) is 62.3 Å². The second kappa shape index (κ2) is 9.82. The number of carbonyl (C=O) groups is 1. The number of aryl methyl sites for hydroxylation is 1. The number of aromatic nitrogens is 6. The number of nitrogens with zero attached hydrogens (tertiary/aromatic N) is 5. The lowest BCUT2D eigenvalue weighted by atomic mass is 10.1. The normalized spacial score (nSPS) is 13.7. The van der Waals surface area contributed by atoms with Crippen molar-refractivity contribution >= 4 is 28.4 Å². The molecule has 5 heterocycles. The first-order valence-corrected chi connectivity index (χ1v) is 12.2. The van der Waals surface area contributed by atoms with Crippen LogP contribution in [-0.2, 0) is 16.0 Å². The molecule has 1 amide bonds. The molecule has 10 nitrogen and oxygen atoms in total. The average Bonchev–Trinajstić information content (AvgIpc) is 3.57. The molecular weight excluding hydrogens is 468 g/mol. The van der Waals surface area contributed by atoms with Gasteiger partial charge in [0.05, 0.1) is 30.8 Å². The van der Waals surface area contributed by atoms with E-state index < -0.39 is 0 Å². The van der Waals surface area contributed by atoms with E-state index in [2.05, 4.69) is 35.4 Å². The van der Waals surface area contributed by atoms with Gasteiger partial charge in [0, 0.05) is 53.7 Å². The maximum atomic E-state index is 12.6. The van der Waals surface area contributed by atoms with Gasteiger partial charge in [-0.15, -0.1) is 0 Å². The van der Waals surface area contributed by atoms with Crippen molar-refractivity contribution in [3.8, 4) is 22.6 Å². The summed E-state index contributed by atoms with van der Waals surface area (Å²) in [5.74, 6) is 1.49. The third-order valence-electron chi connectivity index (χ3n) is 6.32. The Morgan fingerprint density at radius 3 is 2.65 bits per heavy atom. The molecule has 1 aromatic carbocycles. The molecule has 0 radical (unpaired) electrons. The number of imidazole rings is 1. The van der Waals surface area contributed by atoms with Crippen molar-refractivity contribution in [2.45, 2.75) is 13.3 Å². The van der Waals surface area contributed by atoms with Gasteiger partial charge in [-0.25, -0.2) is 9.97 Å². The van der Waals surface area contributed by atoms with E-state index in [0.717, 1.165) is 64.0 Å². The topological polar surface area (TPSA) is 125 Å². The van der Waals surface area contributed by atoms with E-state index >= 15 is 0 Å². The van der Waals surface area contributed by atoms with Crippen LogP contribution >= 0.6 is 0 Å². The quantitative estimate of drug-likeness (QED) is 0.328. The Morgan fingerprint density at radius 2 is 1.86 bits per heavy atom. The van der Waals surface area contributed by atoms with E-state index in [4.69, 9.17) is 9.72 Å². The zero-order valence-electron chi connectivity index (χ0n) is 20.4. The monoisotopic (exact) mass is 494 g/mol. The van der Waals surface area contributed by atoms with Crippen LogP contribution in [0.2, 0.25) is 0 Å². The first-order valence-electron chi connectivity index (χ1n) is 12.2. The first-order chi connectivity index (χ1) is 18.1. The van der Waals surface area contributed by atoms with Crippen LogP contribution in [0.4, 0.5) is 11.5 Å². The fourth-order valence-corrected chi connectivity index (χ4v) is 4.37. The molecule has 1 saturated heterocycles. The van der Waals surface area contributed by atoms with Crippen molar-refractivity contribution in [3.63, 3.8) is 0 Å². The maximum Gasteiger partial charge on any atom is 0.230 e. The molecule has 186 valence electrons. The van der Waals surface area contributed by atoms with Crippen LogP contribution in [0.25, 0.3) is 33.7 Å². The second-order valence-electron chi connectivity index (χ2n) is 8.98. The van der Waals surface area contributed by atoms with Gasteiger partial charge in [0.25, 0.3) is 0 Å². The number of carbonyl (C=O) groups excluding carboxylic acids is 1. The third-order valence-corrected chi connectivity index (χ3v) is 6.32. The lowest BCUT2D eigenvalue weighted by Crippen LogP contribution is -2.36. The van der Waals surface area contributed by atoms with E-state index in [-0.39, 0.29) is 12.3 Å². The van der Waals surface area contributed by atoms with Crippen LogP contribution in [0.5, 0.6) is 0 Å².